The van der Waals surface area contributed by atoms with Crippen LogP contribution in [-0.2, 0) is 16.1 Å². The smallest absolute Gasteiger partial charge is 0.242 e. The van der Waals surface area contributed by atoms with Gasteiger partial charge in [-0.2, -0.15) is 0 Å². The fourth-order valence-corrected chi connectivity index (χ4v) is 2.60. The molecule has 5 heteroatoms. The van der Waals surface area contributed by atoms with Crippen molar-refractivity contribution in [3.63, 3.8) is 0 Å². The van der Waals surface area contributed by atoms with Crippen molar-refractivity contribution in [3.8, 4) is 0 Å². The topological polar surface area (TPSA) is 45.6 Å². The lowest BCUT2D eigenvalue weighted by Gasteiger charge is -2.32. The Labute approximate surface area is 117 Å². The number of rotatable bonds is 3. The molecule has 0 bridgehead atoms. The summed E-state index contributed by atoms with van der Waals surface area (Å²) in [6, 6.07) is 10.1. The summed E-state index contributed by atoms with van der Waals surface area (Å²) in [6.45, 7) is 2.85. The van der Waals surface area contributed by atoms with Crippen LogP contribution in [0.25, 0.3) is 10.9 Å². The molecule has 0 N–H and O–H groups in total. The number of fused-ring (bicyclic) bond motifs is 1. The van der Waals surface area contributed by atoms with Gasteiger partial charge in [-0.3, -0.25) is 9.59 Å². The van der Waals surface area contributed by atoms with Crippen LogP contribution in [0.5, 0.6) is 0 Å². The summed E-state index contributed by atoms with van der Waals surface area (Å²) < 4.78 is 1.98. The molecule has 2 amide bonds. The number of para-hydroxylation sites is 1. The number of aromatic nitrogens is 1. The Morgan fingerprint density at radius 1 is 1.10 bits per heavy atom. The summed E-state index contributed by atoms with van der Waals surface area (Å²) in [4.78, 5) is 26.5. The van der Waals surface area contributed by atoms with Crippen LogP contribution in [0.2, 0.25) is 0 Å². The number of amides is 2. The van der Waals surface area contributed by atoms with E-state index in [2.05, 4.69) is 0 Å². The Morgan fingerprint density at radius 2 is 1.85 bits per heavy atom. The average Bonchev–Trinajstić information content (AvgIpc) is 2.91. The Morgan fingerprint density at radius 3 is 2.60 bits per heavy atom. The lowest BCUT2D eigenvalue weighted by molar-refractivity contribution is -0.135. The molecule has 5 nitrogen and oxygen atoms in total. The molecule has 1 saturated heterocycles. The molecule has 0 unspecified atom stereocenters. The predicted octanol–water partition coefficient (Wildman–Crippen LogP) is 0.942. The molecule has 1 aliphatic heterocycles. The third-order valence-electron chi connectivity index (χ3n) is 3.80. The van der Waals surface area contributed by atoms with Crippen molar-refractivity contribution in [2.45, 2.75) is 6.54 Å². The highest BCUT2D eigenvalue weighted by Crippen LogP contribution is 2.15. The van der Waals surface area contributed by atoms with Gasteiger partial charge in [0, 0.05) is 37.9 Å². The molecule has 104 valence electrons. The number of carbonyl (C=O) groups excluding carboxylic acids is 2. The molecular formula is C15H17N3O2. The molecule has 1 aromatic carbocycles. The van der Waals surface area contributed by atoms with Crippen LogP contribution in [0.1, 0.15) is 0 Å². The summed E-state index contributed by atoms with van der Waals surface area (Å²) >= 11 is 0. The molecule has 0 atom stereocenters. The average molecular weight is 271 g/mol. The highest BCUT2D eigenvalue weighted by molar-refractivity contribution is 5.83. The minimum atomic E-state index is 0.108. The van der Waals surface area contributed by atoms with Crippen LogP contribution in [0.15, 0.2) is 36.5 Å². The van der Waals surface area contributed by atoms with E-state index < -0.39 is 0 Å². The van der Waals surface area contributed by atoms with E-state index >= 15 is 0 Å². The molecule has 2 heterocycles. The Balaban J connectivity index is 1.69. The van der Waals surface area contributed by atoms with Gasteiger partial charge in [-0.05, 0) is 17.5 Å². The van der Waals surface area contributed by atoms with Gasteiger partial charge in [0.1, 0.15) is 6.54 Å². The van der Waals surface area contributed by atoms with Crippen molar-refractivity contribution in [2.75, 3.05) is 26.2 Å². The van der Waals surface area contributed by atoms with E-state index in [0.29, 0.717) is 32.7 Å². The van der Waals surface area contributed by atoms with E-state index in [0.717, 1.165) is 17.3 Å². The largest absolute Gasteiger partial charge is 0.342 e. The van der Waals surface area contributed by atoms with Crippen LogP contribution < -0.4 is 0 Å². The first kappa shape index (κ1) is 12.7. The quantitative estimate of drug-likeness (QED) is 0.780. The van der Waals surface area contributed by atoms with Crippen LogP contribution >= 0.6 is 0 Å². The SMILES string of the molecule is O=CN1CCN(C(=O)Cn2ccc3ccccc32)CC1. The predicted molar refractivity (Wildman–Crippen MR) is 76.2 cm³/mol. The lowest BCUT2D eigenvalue weighted by atomic mass is 10.2. The standard InChI is InChI=1S/C15H17N3O2/c19-12-16-7-9-17(10-8-16)15(20)11-18-6-5-13-3-1-2-4-14(13)18/h1-6,12H,7-11H2. The third kappa shape index (κ3) is 2.39. The Kier molecular flexibility index (Phi) is 3.41. The number of piperazine rings is 1. The number of benzene rings is 1. The molecule has 2 aromatic rings. The number of hydrogen-bond donors (Lipinski definition) is 0. The van der Waals surface area contributed by atoms with Crippen LogP contribution in [0, 0.1) is 0 Å². The lowest BCUT2D eigenvalue weighted by Crippen LogP contribution is -2.48. The molecule has 0 spiro atoms. The van der Waals surface area contributed by atoms with Gasteiger partial charge < -0.3 is 14.4 Å². The maximum Gasteiger partial charge on any atom is 0.242 e. The monoisotopic (exact) mass is 271 g/mol. The molecular weight excluding hydrogens is 254 g/mol. The summed E-state index contributed by atoms with van der Waals surface area (Å²) in [5.74, 6) is 0.108. The fourth-order valence-electron chi connectivity index (χ4n) is 2.60. The van der Waals surface area contributed by atoms with Crippen molar-refractivity contribution >= 4 is 23.2 Å². The van der Waals surface area contributed by atoms with E-state index in [-0.39, 0.29) is 5.91 Å². The summed E-state index contributed by atoms with van der Waals surface area (Å²) in [5, 5.41) is 1.14. The van der Waals surface area contributed by atoms with Gasteiger partial charge in [0.15, 0.2) is 0 Å². The first-order valence-electron chi connectivity index (χ1n) is 6.79. The van der Waals surface area contributed by atoms with Crippen LogP contribution in [0.4, 0.5) is 0 Å². The van der Waals surface area contributed by atoms with Gasteiger partial charge in [0.2, 0.25) is 12.3 Å². The van der Waals surface area contributed by atoms with Crippen molar-refractivity contribution in [1.29, 1.82) is 0 Å². The van der Waals surface area contributed by atoms with Crippen LogP contribution in [0.3, 0.4) is 0 Å². The number of nitrogens with zero attached hydrogens (tertiary/aromatic N) is 3. The van der Waals surface area contributed by atoms with Gasteiger partial charge >= 0.3 is 0 Å². The third-order valence-corrected chi connectivity index (χ3v) is 3.80. The molecule has 0 aliphatic carbocycles. The minimum Gasteiger partial charge on any atom is -0.342 e. The number of hydrogen-bond acceptors (Lipinski definition) is 2. The molecule has 0 radical (unpaired) electrons. The molecule has 1 aromatic heterocycles. The fraction of sp³-hybridized carbons (Fsp3) is 0.333. The van der Waals surface area contributed by atoms with Gasteiger partial charge in [-0.15, -0.1) is 0 Å². The van der Waals surface area contributed by atoms with Crippen molar-refractivity contribution in [3.05, 3.63) is 36.5 Å². The molecule has 1 fully saturated rings. The minimum absolute atomic E-state index is 0.108. The second-order valence-electron chi connectivity index (χ2n) is 5.02. The van der Waals surface area contributed by atoms with Crippen molar-refractivity contribution in [2.24, 2.45) is 0 Å². The van der Waals surface area contributed by atoms with Crippen LogP contribution in [-0.4, -0.2) is 52.9 Å². The normalized spacial score (nSPS) is 15.6. The first-order valence-corrected chi connectivity index (χ1v) is 6.79. The molecule has 3 rings (SSSR count). The summed E-state index contributed by atoms with van der Waals surface area (Å²) in [7, 11) is 0. The van der Waals surface area contributed by atoms with Crippen molar-refractivity contribution < 1.29 is 9.59 Å². The molecule has 20 heavy (non-hydrogen) atoms. The van der Waals surface area contributed by atoms with Crippen molar-refractivity contribution in [1.82, 2.24) is 14.4 Å². The maximum absolute atomic E-state index is 12.3. The van der Waals surface area contributed by atoms with E-state index in [4.69, 9.17) is 0 Å². The van der Waals surface area contributed by atoms with Gasteiger partial charge in [-0.25, -0.2) is 0 Å². The Bertz CT molecular complexity index is 627. The zero-order valence-corrected chi connectivity index (χ0v) is 11.2. The maximum atomic E-state index is 12.3. The Hall–Kier alpha value is -2.30. The first-order chi connectivity index (χ1) is 9.78. The van der Waals surface area contributed by atoms with Gasteiger partial charge in [0.25, 0.3) is 0 Å². The molecule has 0 saturated carbocycles. The van der Waals surface area contributed by atoms with Gasteiger partial charge in [-0.1, -0.05) is 18.2 Å². The second-order valence-corrected chi connectivity index (χ2v) is 5.02. The van der Waals surface area contributed by atoms with E-state index in [1.807, 2.05) is 46.0 Å². The highest BCUT2D eigenvalue weighted by atomic mass is 16.2. The van der Waals surface area contributed by atoms with Gasteiger partial charge in [0.05, 0.1) is 0 Å². The van der Waals surface area contributed by atoms with E-state index in [1.54, 1.807) is 4.90 Å². The highest BCUT2D eigenvalue weighted by Gasteiger charge is 2.20. The summed E-state index contributed by atoms with van der Waals surface area (Å²) in [5.41, 5.74) is 1.08. The molecule has 1 aliphatic rings. The number of carbonyl (C=O) groups is 2. The zero-order valence-electron chi connectivity index (χ0n) is 11.2. The van der Waals surface area contributed by atoms with E-state index in [1.165, 1.54) is 0 Å². The summed E-state index contributed by atoms with van der Waals surface area (Å²) in [6.07, 6.45) is 2.80. The van der Waals surface area contributed by atoms with E-state index in [9.17, 15) is 9.59 Å². The zero-order chi connectivity index (χ0) is 13.9. The second kappa shape index (κ2) is 5.36.